The SMILES string of the molecule is Cc1nn(Cc2ccccn2)c(N)c1Cl. The van der Waals surface area contributed by atoms with Crippen molar-refractivity contribution in [1.29, 1.82) is 0 Å². The molecule has 0 unspecified atom stereocenters. The van der Waals surface area contributed by atoms with Crippen molar-refractivity contribution in [1.82, 2.24) is 14.8 Å². The third-order valence-electron chi connectivity index (χ3n) is 2.13. The first-order chi connectivity index (χ1) is 7.18. The van der Waals surface area contributed by atoms with E-state index in [1.54, 1.807) is 10.9 Å². The summed E-state index contributed by atoms with van der Waals surface area (Å²) in [5.74, 6) is 0.486. The van der Waals surface area contributed by atoms with Crippen LogP contribution in [0.5, 0.6) is 0 Å². The molecule has 0 spiro atoms. The van der Waals surface area contributed by atoms with E-state index >= 15 is 0 Å². The minimum atomic E-state index is 0.486. The van der Waals surface area contributed by atoms with Crippen LogP contribution in [0.4, 0.5) is 5.82 Å². The van der Waals surface area contributed by atoms with Gasteiger partial charge in [0.25, 0.3) is 0 Å². The molecule has 0 atom stereocenters. The minimum absolute atomic E-state index is 0.486. The molecule has 0 aliphatic carbocycles. The van der Waals surface area contributed by atoms with Crippen molar-refractivity contribution in [3.8, 4) is 0 Å². The number of anilines is 1. The molecule has 0 aromatic carbocycles. The van der Waals surface area contributed by atoms with Crippen LogP contribution in [0.25, 0.3) is 0 Å². The molecule has 2 N–H and O–H groups in total. The molecular formula is C10H11ClN4. The standard InChI is InChI=1S/C10H11ClN4/c1-7-9(11)10(12)15(14-7)6-8-4-2-3-5-13-8/h2-5H,6,12H2,1H3. The molecule has 2 rings (SSSR count). The highest BCUT2D eigenvalue weighted by atomic mass is 35.5. The summed E-state index contributed by atoms with van der Waals surface area (Å²) in [7, 11) is 0. The Kier molecular flexibility index (Phi) is 2.60. The van der Waals surface area contributed by atoms with E-state index in [2.05, 4.69) is 10.1 Å². The van der Waals surface area contributed by atoms with E-state index in [9.17, 15) is 0 Å². The van der Waals surface area contributed by atoms with Crippen molar-refractivity contribution in [2.45, 2.75) is 13.5 Å². The summed E-state index contributed by atoms with van der Waals surface area (Å²) >= 11 is 5.94. The number of rotatable bonds is 2. The number of halogens is 1. The Morgan fingerprint density at radius 1 is 1.47 bits per heavy atom. The summed E-state index contributed by atoms with van der Waals surface area (Å²) in [5.41, 5.74) is 7.44. The van der Waals surface area contributed by atoms with E-state index in [-0.39, 0.29) is 0 Å². The van der Waals surface area contributed by atoms with Crippen LogP contribution in [0, 0.1) is 6.92 Å². The van der Waals surface area contributed by atoms with Gasteiger partial charge in [0, 0.05) is 6.20 Å². The zero-order chi connectivity index (χ0) is 10.8. The van der Waals surface area contributed by atoms with Gasteiger partial charge in [0.2, 0.25) is 0 Å². The van der Waals surface area contributed by atoms with Crippen LogP contribution >= 0.6 is 11.6 Å². The minimum Gasteiger partial charge on any atom is -0.383 e. The molecule has 2 heterocycles. The van der Waals surface area contributed by atoms with Crippen molar-refractivity contribution < 1.29 is 0 Å². The third-order valence-corrected chi connectivity index (χ3v) is 2.60. The molecule has 0 bridgehead atoms. The van der Waals surface area contributed by atoms with Gasteiger partial charge in [-0.25, -0.2) is 4.68 Å². The summed E-state index contributed by atoms with van der Waals surface area (Å²) in [4.78, 5) is 4.19. The van der Waals surface area contributed by atoms with Gasteiger partial charge in [-0.3, -0.25) is 4.98 Å². The van der Waals surface area contributed by atoms with Crippen molar-refractivity contribution in [2.24, 2.45) is 0 Å². The zero-order valence-electron chi connectivity index (χ0n) is 8.31. The van der Waals surface area contributed by atoms with Crippen molar-refractivity contribution in [2.75, 3.05) is 5.73 Å². The normalized spacial score (nSPS) is 10.5. The van der Waals surface area contributed by atoms with Gasteiger partial charge >= 0.3 is 0 Å². The average molecular weight is 223 g/mol. The molecule has 0 amide bonds. The number of hydrogen-bond acceptors (Lipinski definition) is 3. The number of aryl methyl sites for hydroxylation is 1. The Balaban J connectivity index is 2.29. The lowest BCUT2D eigenvalue weighted by molar-refractivity contribution is 0.675. The van der Waals surface area contributed by atoms with Crippen LogP contribution in [0.3, 0.4) is 0 Å². The quantitative estimate of drug-likeness (QED) is 0.844. The van der Waals surface area contributed by atoms with Crippen LogP contribution in [-0.4, -0.2) is 14.8 Å². The summed E-state index contributed by atoms with van der Waals surface area (Å²) in [6.07, 6.45) is 1.74. The summed E-state index contributed by atoms with van der Waals surface area (Å²) in [5, 5.41) is 4.74. The highest BCUT2D eigenvalue weighted by Gasteiger charge is 2.10. The molecule has 2 aromatic heterocycles. The molecular weight excluding hydrogens is 212 g/mol. The first-order valence-electron chi connectivity index (χ1n) is 4.57. The van der Waals surface area contributed by atoms with Crippen molar-refractivity contribution in [3.63, 3.8) is 0 Å². The summed E-state index contributed by atoms with van der Waals surface area (Å²) in [6, 6.07) is 5.72. The Hall–Kier alpha value is -1.55. The molecule has 15 heavy (non-hydrogen) atoms. The second kappa shape index (κ2) is 3.90. The Labute approximate surface area is 92.7 Å². The second-order valence-corrected chi connectivity index (χ2v) is 3.64. The van der Waals surface area contributed by atoms with Gasteiger partial charge in [0.05, 0.1) is 17.9 Å². The first-order valence-corrected chi connectivity index (χ1v) is 4.94. The average Bonchev–Trinajstić information content (AvgIpc) is 2.48. The van der Waals surface area contributed by atoms with Crippen molar-refractivity contribution in [3.05, 3.63) is 40.8 Å². The smallest absolute Gasteiger partial charge is 0.141 e. The molecule has 0 aliphatic heterocycles. The Bertz CT molecular complexity index is 464. The maximum Gasteiger partial charge on any atom is 0.141 e. The highest BCUT2D eigenvalue weighted by molar-refractivity contribution is 6.33. The fraction of sp³-hybridized carbons (Fsp3) is 0.200. The molecule has 0 aliphatic rings. The Morgan fingerprint density at radius 2 is 2.27 bits per heavy atom. The van der Waals surface area contributed by atoms with Crippen LogP contribution in [0.1, 0.15) is 11.4 Å². The number of nitrogen functional groups attached to an aromatic ring is 1. The van der Waals surface area contributed by atoms with Gasteiger partial charge in [0.1, 0.15) is 10.8 Å². The monoisotopic (exact) mass is 222 g/mol. The van der Waals surface area contributed by atoms with Crippen LogP contribution in [0.15, 0.2) is 24.4 Å². The maximum atomic E-state index is 5.94. The van der Waals surface area contributed by atoms with Gasteiger partial charge < -0.3 is 5.73 Å². The molecule has 78 valence electrons. The molecule has 0 saturated carbocycles. The lowest BCUT2D eigenvalue weighted by atomic mass is 10.3. The van der Waals surface area contributed by atoms with Gasteiger partial charge in [-0.2, -0.15) is 5.10 Å². The van der Waals surface area contributed by atoms with Gasteiger partial charge in [0.15, 0.2) is 0 Å². The number of nitrogens with two attached hydrogens (primary N) is 1. The van der Waals surface area contributed by atoms with E-state index in [1.165, 1.54) is 0 Å². The molecule has 0 saturated heterocycles. The molecule has 4 nitrogen and oxygen atoms in total. The fourth-order valence-corrected chi connectivity index (χ4v) is 1.48. The second-order valence-electron chi connectivity index (χ2n) is 3.26. The topological polar surface area (TPSA) is 56.7 Å². The van der Waals surface area contributed by atoms with Crippen LogP contribution < -0.4 is 5.73 Å². The van der Waals surface area contributed by atoms with Crippen molar-refractivity contribution >= 4 is 17.4 Å². The largest absolute Gasteiger partial charge is 0.383 e. The predicted molar refractivity (Wildman–Crippen MR) is 59.7 cm³/mol. The van der Waals surface area contributed by atoms with Crippen LogP contribution in [0.2, 0.25) is 5.02 Å². The van der Waals surface area contributed by atoms with Gasteiger partial charge in [-0.05, 0) is 19.1 Å². The number of nitrogens with zero attached hydrogens (tertiary/aromatic N) is 3. The van der Waals surface area contributed by atoms with Crippen LogP contribution in [-0.2, 0) is 6.54 Å². The number of pyridine rings is 1. The highest BCUT2D eigenvalue weighted by Crippen LogP contribution is 2.22. The lowest BCUT2D eigenvalue weighted by Crippen LogP contribution is -2.07. The maximum absolute atomic E-state index is 5.94. The summed E-state index contributed by atoms with van der Waals surface area (Å²) < 4.78 is 1.65. The number of hydrogen-bond donors (Lipinski definition) is 1. The molecule has 5 heteroatoms. The van der Waals surface area contributed by atoms with Gasteiger partial charge in [-0.15, -0.1) is 0 Å². The third kappa shape index (κ3) is 1.94. The fourth-order valence-electron chi connectivity index (χ4n) is 1.34. The number of aromatic nitrogens is 3. The van der Waals surface area contributed by atoms with E-state index in [4.69, 9.17) is 17.3 Å². The molecule has 2 aromatic rings. The summed E-state index contributed by atoms with van der Waals surface area (Å²) in [6.45, 7) is 2.37. The lowest BCUT2D eigenvalue weighted by Gasteiger charge is -2.02. The molecule has 0 radical (unpaired) electrons. The zero-order valence-corrected chi connectivity index (χ0v) is 9.07. The van der Waals surface area contributed by atoms with E-state index in [0.717, 1.165) is 11.4 Å². The first kappa shape index (κ1) is 9.98. The van der Waals surface area contributed by atoms with E-state index in [0.29, 0.717) is 17.4 Å². The predicted octanol–water partition coefficient (Wildman–Crippen LogP) is 1.87. The van der Waals surface area contributed by atoms with E-state index in [1.807, 2.05) is 25.1 Å². The Morgan fingerprint density at radius 3 is 2.80 bits per heavy atom. The van der Waals surface area contributed by atoms with E-state index < -0.39 is 0 Å². The molecule has 0 fully saturated rings. The van der Waals surface area contributed by atoms with Gasteiger partial charge in [-0.1, -0.05) is 17.7 Å².